The number of benzene rings is 7. The Morgan fingerprint density at radius 2 is 1.19 bits per heavy atom. The van der Waals surface area contributed by atoms with Gasteiger partial charge in [-0.05, 0) is 88.2 Å². The SMILES string of the molecule is CN1CCN(C(=O)Oc2cc3c(c4ccccc24)[C@H](CCl)CN3C(=O)CCCC(=O)N2C[C@@H](CCl)c3c2cc(OCc2ccc(NC(=O)[C@H](CCCNC(N)=O)NC(=O)OCC4c5ccccc5-c5ccccc54)cc2)c2ccccc32)CC1. The highest BCUT2D eigenvalue weighted by Gasteiger charge is 2.38. The number of likely N-dealkylation sites (N-methyl/N-ethyl adjacent to an activating group) is 1. The first-order valence-corrected chi connectivity index (χ1v) is 29.6. The summed E-state index contributed by atoms with van der Waals surface area (Å²) in [6.07, 6.45) is -0.134. The van der Waals surface area contributed by atoms with E-state index in [0.29, 0.717) is 79.3 Å². The molecule has 1 saturated heterocycles. The molecule has 7 aromatic rings. The van der Waals surface area contributed by atoms with Crippen LogP contribution in [0.25, 0.3) is 32.7 Å². The Kier molecular flexibility index (Phi) is 17.5. The van der Waals surface area contributed by atoms with Gasteiger partial charge in [0.15, 0.2) is 0 Å². The number of hydrogen-bond acceptors (Lipinski definition) is 10. The lowest BCUT2D eigenvalue weighted by Gasteiger charge is -2.31. The molecule has 4 aliphatic rings. The van der Waals surface area contributed by atoms with Crippen molar-refractivity contribution < 1.29 is 43.0 Å². The van der Waals surface area contributed by atoms with E-state index in [1.54, 1.807) is 32.9 Å². The molecule has 0 radical (unpaired) electrons. The molecule has 0 unspecified atom stereocenters. The summed E-state index contributed by atoms with van der Waals surface area (Å²) in [5.41, 5.74) is 14.1. The number of nitrogens with zero attached hydrogens (tertiary/aromatic N) is 4. The van der Waals surface area contributed by atoms with E-state index in [2.05, 4.69) is 33.0 Å². The maximum atomic E-state index is 14.4. The van der Waals surface area contributed by atoms with Crippen LogP contribution in [0.15, 0.2) is 133 Å². The predicted octanol–water partition coefficient (Wildman–Crippen LogP) is 10.8. The van der Waals surface area contributed by atoms with Crippen LogP contribution in [0.1, 0.15) is 77.7 Å². The number of alkyl carbamates (subject to hydrolysis) is 1. The number of hydrogen-bond donors (Lipinski definition) is 4. The Bertz CT molecular complexity index is 3610. The number of ether oxygens (including phenoxy) is 3. The van der Waals surface area contributed by atoms with E-state index in [1.807, 2.05) is 110 Å². The molecule has 0 bridgehead atoms. The van der Waals surface area contributed by atoms with E-state index in [0.717, 1.165) is 73.6 Å². The van der Waals surface area contributed by atoms with Gasteiger partial charge < -0.3 is 55.5 Å². The van der Waals surface area contributed by atoms with Crippen LogP contribution in [0.5, 0.6) is 11.5 Å². The largest absolute Gasteiger partial charge is 0.488 e. The van der Waals surface area contributed by atoms with Gasteiger partial charge in [0.25, 0.3) is 0 Å². The number of nitrogens with two attached hydrogens (primary N) is 1. The third-order valence-corrected chi connectivity index (χ3v) is 17.3. The molecule has 0 saturated carbocycles. The van der Waals surface area contributed by atoms with Gasteiger partial charge >= 0.3 is 18.2 Å². The van der Waals surface area contributed by atoms with E-state index in [9.17, 15) is 28.8 Å². The van der Waals surface area contributed by atoms with Crippen LogP contribution in [0.2, 0.25) is 0 Å². The third-order valence-electron chi connectivity index (χ3n) is 16.5. The lowest BCUT2D eigenvalue weighted by atomic mass is 9.95. The molecule has 3 atom stereocenters. The monoisotopic (exact) mass is 1170 g/mol. The van der Waals surface area contributed by atoms with Crippen molar-refractivity contribution in [2.24, 2.45) is 5.73 Å². The number of piperazine rings is 1. The zero-order valence-electron chi connectivity index (χ0n) is 46.6. The predicted molar refractivity (Wildman–Crippen MR) is 327 cm³/mol. The molecule has 434 valence electrons. The summed E-state index contributed by atoms with van der Waals surface area (Å²) in [4.78, 5) is 88.0. The molecule has 7 amide bonds. The van der Waals surface area contributed by atoms with Crippen LogP contribution >= 0.6 is 23.2 Å². The number of carbonyl (C=O) groups excluding carboxylic acids is 6. The standard InChI is InChI=1S/C65H66Cl2N8O9/c1-72-28-30-73(31-29-72)65(81)84-57-33-55-61(51-19-9-7-17-49(51)57)42(35-67)37-75(55)59(77)22-10-21-58(76)74-36-41(34-66)60-50-18-8-6-16-48(50)56(32-54(60)74)82-38-40-23-25-43(26-24-40)70-62(78)53(20-11-27-69-63(68)79)71-64(80)83-39-52-46-14-4-2-12-44(46)45-13-3-5-15-47(45)52/h2-9,12-19,23-26,32-33,41-42,52-53H,10-11,20-22,27-31,34-39H2,1H3,(H,70,78)(H,71,80)(H3,68,69,79)/t41-,42-,53+/m1/s1. The molecule has 17 nitrogen and oxygen atoms in total. The lowest BCUT2D eigenvalue weighted by Crippen LogP contribution is -2.48. The highest BCUT2D eigenvalue weighted by atomic mass is 35.5. The van der Waals surface area contributed by atoms with Crippen LogP contribution < -0.4 is 41.0 Å². The van der Waals surface area contributed by atoms with Crippen molar-refractivity contribution in [3.8, 4) is 22.6 Å². The van der Waals surface area contributed by atoms with Gasteiger partial charge in [0.05, 0.1) is 11.4 Å². The molecule has 84 heavy (non-hydrogen) atoms. The molecule has 3 heterocycles. The molecule has 19 heteroatoms. The average molecular weight is 1170 g/mol. The van der Waals surface area contributed by atoms with Gasteiger partial charge in [-0.2, -0.15) is 0 Å². The Hall–Kier alpha value is -8.38. The quantitative estimate of drug-likeness (QED) is 0.0445. The highest BCUT2D eigenvalue weighted by molar-refractivity contribution is 6.19. The fraction of sp³-hybridized carbons (Fsp3) is 0.323. The van der Waals surface area contributed by atoms with Gasteiger partial charge in [-0.3, -0.25) is 14.4 Å². The van der Waals surface area contributed by atoms with Crippen molar-refractivity contribution in [2.45, 2.75) is 62.5 Å². The number of rotatable bonds is 19. The molecule has 7 aromatic carbocycles. The second-order valence-electron chi connectivity index (χ2n) is 21.9. The minimum atomic E-state index is -1.00. The van der Waals surface area contributed by atoms with Crippen molar-refractivity contribution in [3.05, 3.63) is 161 Å². The van der Waals surface area contributed by atoms with E-state index in [4.69, 9.17) is 43.1 Å². The number of fused-ring (bicyclic) bond motifs is 9. The van der Waals surface area contributed by atoms with Crippen LogP contribution in [-0.2, 0) is 25.7 Å². The van der Waals surface area contributed by atoms with E-state index >= 15 is 0 Å². The molecule has 0 aromatic heterocycles. The van der Waals surface area contributed by atoms with Gasteiger partial charge in [0, 0.05) is 117 Å². The molecule has 5 N–H and O–H groups in total. The van der Waals surface area contributed by atoms with Gasteiger partial charge in [-0.15, -0.1) is 23.2 Å². The molecular weight excluding hydrogens is 1110 g/mol. The number of carbonyl (C=O) groups is 6. The summed E-state index contributed by atoms with van der Waals surface area (Å²) in [6.45, 7) is 3.78. The molecule has 1 fully saturated rings. The van der Waals surface area contributed by atoms with Crippen LogP contribution in [0, 0.1) is 0 Å². The normalized spacial score (nSPS) is 16.6. The average Bonchev–Trinajstić information content (AvgIpc) is 2.00. The second kappa shape index (κ2) is 25.6. The Balaban J connectivity index is 0.731. The van der Waals surface area contributed by atoms with Crippen LogP contribution in [0.4, 0.5) is 31.4 Å². The summed E-state index contributed by atoms with van der Waals surface area (Å²) in [6, 6.07) is 40.8. The summed E-state index contributed by atoms with van der Waals surface area (Å²) in [5.74, 6) is 0.318. The van der Waals surface area contributed by atoms with Crippen LogP contribution in [0.3, 0.4) is 0 Å². The second-order valence-corrected chi connectivity index (χ2v) is 22.5. The summed E-state index contributed by atoms with van der Waals surface area (Å²) in [5, 5.41) is 11.6. The number of nitrogens with one attached hydrogen (secondary N) is 3. The van der Waals surface area contributed by atoms with E-state index in [1.165, 1.54) is 0 Å². The first-order valence-electron chi connectivity index (χ1n) is 28.5. The zero-order valence-corrected chi connectivity index (χ0v) is 48.1. The van der Waals surface area contributed by atoms with Crippen LogP contribution in [-0.4, -0.2) is 123 Å². The lowest BCUT2D eigenvalue weighted by molar-refractivity contribution is -0.120. The number of halogens is 2. The first kappa shape index (κ1) is 57.4. The van der Waals surface area contributed by atoms with Crippen molar-refractivity contribution in [3.63, 3.8) is 0 Å². The number of urea groups is 1. The van der Waals surface area contributed by atoms with Gasteiger partial charge in [0.1, 0.15) is 30.8 Å². The minimum Gasteiger partial charge on any atom is -0.488 e. The number of amides is 7. The van der Waals surface area contributed by atoms with Gasteiger partial charge in [-0.25, -0.2) is 14.4 Å². The number of anilines is 3. The first-order chi connectivity index (χ1) is 40.9. The van der Waals surface area contributed by atoms with Crippen molar-refractivity contribution in [2.75, 3.05) is 86.3 Å². The van der Waals surface area contributed by atoms with Crippen molar-refractivity contribution in [1.29, 1.82) is 0 Å². The van der Waals surface area contributed by atoms with E-state index in [-0.39, 0.29) is 68.6 Å². The topological polar surface area (TPSA) is 205 Å². The fourth-order valence-corrected chi connectivity index (χ4v) is 12.7. The Morgan fingerprint density at radius 3 is 1.76 bits per heavy atom. The maximum absolute atomic E-state index is 14.4. The minimum absolute atomic E-state index is 0.0730. The number of primary amides is 1. The number of alkyl halides is 2. The Labute approximate surface area is 497 Å². The van der Waals surface area contributed by atoms with Gasteiger partial charge in [0.2, 0.25) is 17.7 Å². The molecule has 1 aliphatic carbocycles. The summed E-state index contributed by atoms with van der Waals surface area (Å²) < 4.78 is 18.4. The molecular formula is C65H66Cl2N8O9. The summed E-state index contributed by atoms with van der Waals surface area (Å²) in [7, 11) is 2.02. The third kappa shape index (κ3) is 12.2. The summed E-state index contributed by atoms with van der Waals surface area (Å²) >= 11 is 13.2. The molecule has 11 rings (SSSR count). The van der Waals surface area contributed by atoms with E-state index < -0.39 is 30.2 Å². The van der Waals surface area contributed by atoms with Crippen molar-refractivity contribution in [1.82, 2.24) is 20.4 Å². The zero-order chi connectivity index (χ0) is 58.4. The van der Waals surface area contributed by atoms with Gasteiger partial charge in [-0.1, -0.05) is 109 Å². The molecule has 0 spiro atoms. The maximum Gasteiger partial charge on any atom is 0.415 e. The molecule has 3 aliphatic heterocycles. The van der Waals surface area contributed by atoms with Crippen molar-refractivity contribution >= 4 is 97.7 Å². The Morgan fingerprint density at radius 1 is 0.655 bits per heavy atom. The smallest absolute Gasteiger partial charge is 0.415 e. The highest BCUT2D eigenvalue weighted by Crippen LogP contribution is 2.49. The fourth-order valence-electron chi connectivity index (χ4n) is 12.2.